The molecule has 130 valence electrons. The van der Waals surface area contributed by atoms with E-state index in [1.807, 2.05) is 38.4 Å². The van der Waals surface area contributed by atoms with Gasteiger partial charge in [0.15, 0.2) is 0 Å². The molecule has 0 saturated carbocycles. The second-order valence-corrected chi connectivity index (χ2v) is 6.52. The van der Waals surface area contributed by atoms with Crippen LogP contribution in [0, 0.1) is 0 Å². The zero-order chi connectivity index (χ0) is 17.6. The zero-order valence-electron chi connectivity index (χ0n) is 13.7. The van der Waals surface area contributed by atoms with Gasteiger partial charge in [-0.25, -0.2) is 0 Å². The van der Waals surface area contributed by atoms with E-state index in [1.165, 1.54) is 0 Å². The Kier molecular flexibility index (Phi) is 7.34. The summed E-state index contributed by atoms with van der Waals surface area (Å²) < 4.78 is 0.383. The number of likely N-dealkylation sites (N-methyl/N-ethyl adjacent to an activating group) is 1. The molecule has 0 aromatic heterocycles. The fourth-order valence-corrected chi connectivity index (χ4v) is 2.50. The predicted octanol–water partition coefficient (Wildman–Crippen LogP) is -0.658. The normalized spacial score (nSPS) is 17.3. The summed E-state index contributed by atoms with van der Waals surface area (Å²) in [7, 11) is 3.79. The molecule has 1 aromatic rings. The summed E-state index contributed by atoms with van der Waals surface area (Å²) in [4.78, 5) is 0. The molecule has 5 N–H and O–H groups in total. The Labute approximate surface area is 137 Å². The van der Waals surface area contributed by atoms with Crippen LogP contribution in [0.25, 0.3) is 6.08 Å². The number of hydrogen-bond donors (Lipinski definition) is 5. The third-order valence-electron chi connectivity index (χ3n) is 3.83. The lowest BCUT2D eigenvalue weighted by Crippen LogP contribution is -2.53. The molecule has 0 fully saturated rings. The smallest absolute Gasteiger partial charge is 0.131 e. The van der Waals surface area contributed by atoms with E-state index in [0.29, 0.717) is 11.0 Å². The van der Waals surface area contributed by atoms with Gasteiger partial charge >= 0.3 is 0 Å². The van der Waals surface area contributed by atoms with Crippen LogP contribution < -0.4 is 0 Å². The Bertz CT molecular complexity index is 488. The van der Waals surface area contributed by atoms with Crippen molar-refractivity contribution in [3.63, 3.8) is 0 Å². The monoisotopic (exact) mass is 326 g/mol. The molecule has 0 saturated heterocycles. The van der Waals surface area contributed by atoms with E-state index in [1.54, 1.807) is 6.08 Å². The summed E-state index contributed by atoms with van der Waals surface area (Å²) in [6.45, 7) is 3.83. The summed E-state index contributed by atoms with van der Waals surface area (Å²) in [5, 5.41) is 47.8. The number of nitrogens with zero attached hydrogens (tertiary/aromatic N) is 1. The molecular formula is C17H28NO5+. The van der Waals surface area contributed by atoms with Gasteiger partial charge in [0.05, 0.1) is 20.7 Å². The van der Waals surface area contributed by atoms with Crippen molar-refractivity contribution < 1.29 is 30.0 Å². The van der Waals surface area contributed by atoms with E-state index in [2.05, 4.69) is 6.58 Å². The summed E-state index contributed by atoms with van der Waals surface area (Å²) in [5.74, 6) is 0. The number of benzene rings is 1. The van der Waals surface area contributed by atoms with Crippen LogP contribution in [0.4, 0.5) is 0 Å². The van der Waals surface area contributed by atoms with Gasteiger partial charge in [-0.1, -0.05) is 36.9 Å². The Morgan fingerprint density at radius 2 is 1.52 bits per heavy atom. The van der Waals surface area contributed by atoms with Crippen LogP contribution in [0.1, 0.15) is 11.1 Å². The van der Waals surface area contributed by atoms with Gasteiger partial charge in [0.1, 0.15) is 37.5 Å². The average Bonchev–Trinajstić information content (AvgIpc) is 2.52. The number of aliphatic hydroxyl groups is 5. The summed E-state index contributed by atoms with van der Waals surface area (Å²) in [5.41, 5.74) is 2.09. The molecule has 0 amide bonds. The average molecular weight is 326 g/mol. The first-order chi connectivity index (χ1) is 10.7. The van der Waals surface area contributed by atoms with E-state index in [-0.39, 0.29) is 6.54 Å². The summed E-state index contributed by atoms with van der Waals surface area (Å²) in [6, 6.07) is 7.86. The predicted molar refractivity (Wildman–Crippen MR) is 88.3 cm³/mol. The minimum Gasteiger partial charge on any atom is -0.394 e. The van der Waals surface area contributed by atoms with Crippen LogP contribution in [0.15, 0.2) is 30.8 Å². The highest BCUT2D eigenvalue weighted by atomic mass is 16.4. The zero-order valence-corrected chi connectivity index (χ0v) is 13.7. The van der Waals surface area contributed by atoms with Gasteiger partial charge in [-0.3, -0.25) is 0 Å². The molecule has 6 nitrogen and oxygen atoms in total. The van der Waals surface area contributed by atoms with Crippen LogP contribution in [0.2, 0.25) is 0 Å². The Hall–Kier alpha value is -1.28. The van der Waals surface area contributed by atoms with Crippen molar-refractivity contribution in [2.24, 2.45) is 0 Å². The van der Waals surface area contributed by atoms with Crippen molar-refractivity contribution in [2.75, 3.05) is 27.2 Å². The van der Waals surface area contributed by atoms with Gasteiger partial charge < -0.3 is 30.0 Å². The second-order valence-electron chi connectivity index (χ2n) is 6.52. The molecule has 6 heteroatoms. The van der Waals surface area contributed by atoms with E-state index in [0.717, 1.165) is 11.1 Å². The minimum absolute atomic E-state index is 0.180. The number of hydrogen-bond acceptors (Lipinski definition) is 5. The summed E-state index contributed by atoms with van der Waals surface area (Å²) >= 11 is 0. The van der Waals surface area contributed by atoms with Gasteiger partial charge in [-0.05, 0) is 5.56 Å². The highest BCUT2D eigenvalue weighted by Crippen LogP contribution is 2.14. The molecule has 0 bridgehead atoms. The number of aliphatic hydroxyl groups excluding tert-OH is 5. The highest BCUT2D eigenvalue weighted by molar-refractivity contribution is 5.47. The Balaban J connectivity index is 2.66. The maximum Gasteiger partial charge on any atom is 0.131 e. The SMILES string of the molecule is C=Cc1ccc(C[N+](C)(C)C[C@H](O)[C@@H](O)[C@H](O)[C@H](O)CO)cc1. The Morgan fingerprint density at radius 1 is 1.00 bits per heavy atom. The topological polar surface area (TPSA) is 101 Å². The van der Waals surface area contributed by atoms with Crippen molar-refractivity contribution in [3.05, 3.63) is 42.0 Å². The molecule has 0 aliphatic carbocycles. The van der Waals surface area contributed by atoms with E-state index in [4.69, 9.17) is 5.11 Å². The molecule has 0 aliphatic rings. The van der Waals surface area contributed by atoms with Crippen LogP contribution in [0.3, 0.4) is 0 Å². The lowest BCUT2D eigenvalue weighted by atomic mass is 10.0. The molecule has 0 unspecified atom stereocenters. The Morgan fingerprint density at radius 3 is 2.00 bits per heavy atom. The number of quaternary nitrogens is 1. The first-order valence-corrected chi connectivity index (χ1v) is 7.56. The van der Waals surface area contributed by atoms with Crippen molar-refractivity contribution in [1.29, 1.82) is 0 Å². The van der Waals surface area contributed by atoms with Crippen LogP contribution in [-0.4, -0.2) is 81.7 Å². The largest absolute Gasteiger partial charge is 0.394 e. The fraction of sp³-hybridized carbons (Fsp3) is 0.529. The fourth-order valence-electron chi connectivity index (χ4n) is 2.50. The molecule has 1 aromatic carbocycles. The maximum atomic E-state index is 10.1. The van der Waals surface area contributed by atoms with Crippen LogP contribution in [0.5, 0.6) is 0 Å². The van der Waals surface area contributed by atoms with Gasteiger partial charge in [0, 0.05) is 5.56 Å². The first kappa shape index (κ1) is 19.8. The molecule has 0 heterocycles. The second kappa shape index (κ2) is 8.54. The lowest BCUT2D eigenvalue weighted by Gasteiger charge is -2.34. The maximum absolute atomic E-state index is 10.1. The molecule has 0 aliphatic heterocycles. The summed E-state index contributed by atoms with van der Waals surface area (Å²) in [6.07, 6.45) is -4.08. The van der Waals surface area contributed by atoms with Crippen molar-refractivity contribution >= 4 is 6.08 Å². The standard InChI is InChI=1S/C17H28NO5/c1-4-12-5-7-13(8-6-12)9-18(2,3)10-14(20)16(22)17(23)15(21)11-19/h4-8,14-17,19-23H,1,9-11H2,2-3H3/q+1/t14-,15+,16+,17+/m0/s1. The molecule has 4 atom stereocenters. The van der Waals surface area contributed by atoms with Crippen LogP contribution in [-0.2, 0) is 6.54 Å². The third-order valence-corrected chi connectivity index (χ3v) is 3.83. The van der Waals surface area contributed by atoms with E-state index < -0.39 is 31.0 Å². The molecule has 1 rings (SSSR count). The quantitative estimate of drug-likeness (QED) is 0.388. The van der Waals surface area contributed by atoms with Crippen molar-refractivity contribution in [2.45, 2.75) is 31.0 Å². The molecule has 0 spiro atoms. The minimum atomic E-state index is -1.60. The number of rotatable bonds is 9. The van der Waals surface area contributed by atoms with Gasteiger partial charge in [-0.2, -0.15) is 0 Å². The van der Waals surface area contributed by atoms with Crippen molar-refractivity contribution in [3.8, 4) is 0 Å². The molecule has 23 heavy (non-hydrogen) atoms. The van der Waals surface area contributed by atoms with Gasteiger partial charge in [0.2, 0.25) is 0 Å². The van der Waals surface area contributed by atoms with Gasteiger partial charge in [-0.15, -0.1) is 0 Å². The van der Waals surface area contributed by atoms with Crippen molar-refractivity contribution in [1.82, 2.24) is 0 Å². The highest BCUT2D eigenvalue weighted by Gasteiger charge is 2.34. The molecule has 0 radical (unpaired) electrons. The first-order valence-electron chi connectivity index (χ1n) is 7.56. The van der Waals surface area contributed by atoms with E-state index >= 15 is 0 Å². The lowest BCUT2D eigenvalue weighted by molar-refractivity contribution is -0.907. The van der Waals surface area contributed by atoms with E-state index in [9.17, 15) is 20.4 Å². The third kappa shape index (κ3) is 6.02. The molecular weight excluding hydrogens is 298 g/mol. The van der Waals surface area contributed by atoms with Gasteiger partial charge in [0.25, 0.3) is 0 Å². The van der Waals surface area contributed by atoms with Crippen LogP contribution >= 0.6 is 0 Å².